The van der Waals surface area contributed by atoms with E-state index in [9.17, 15) is 9.59 Å². The van der Waals surface area contributed by atoms with E-state index in [1.807, 2.05) is 0 Å². The molecule has 4 heteroatoms. The number of hydrogen-bond donors (Lipinski definition) is 1. The van der Waals surface area contributed by atoms with Gasteiger partial charge in [0, 0.05) is 25.5 Å². The molecule has 1 rings (SSSR count). The molecule has 1 aromatic rings. The second-order valence-electron chi connectivity index (χ2n) is 3.33. The molecule has 0 fully saturated rings. The van der Waals surface area contributed by atoms with Crippen molar-refractivity contribution in [3.05, 3.63) is 29.8 Å². The third kappa shape index (κ3) is 3.38. The molecule has 16 heavy (non-hydrogen) atoms. The number of ketones is 1. The van der Waals surface area contributed by atoms with Crippen LogP contribution in [0.25, 0.3) is 0 Å². The standard InChI is InChI=1S/C12H15NO3/c1-13-12(15)7-6-11(14)9-4-3-5-10(8-9)16-2/h3-5,8H,6-7H2,1-2H3,(H,13,15). The molecule has 4 nitrogen and oxygen atoms in total. The lowest BCUT2D eigenvalue weighted by molar-refractivity contribution is -0.120. The zero-order valence-corrected chi connectivity index (χ0v) is 9.45. The maximum Gasteiger partial charge on any atom is 0.220 e. The molecule has 0 heterocycles. The maximum atomic E-state index is 11.7. The quantitative estimate of drug-likeness (QED) is 0.765. The summed E-state index contributed by atoms with van der Waals surface area (Å²) in [7, 11) is 3.10. The van der Waals surface area contributed by atoms with Crippen molar-refractivity contribution in [3.8, 4) is 5.75 Å². The van der Waals surface area contributed by atoms with Crippen molar-refractivity contribution in [2.24, 2.45) is 0 Å². The van der Waals surface area contributed by atoms with Gasteiger partial charge in [-0.3, -0.25) is 9.59 Å². The van der Waals surface area contributed by atoms with E-state index in [1.165, 1.54) is 0 Å². The molecule has 0 aliphatic heterocycles. The van der Waals surface area contributed by atoms with Gasteiger partial charge in [-0.25, -0.2) is 0 Å². The summed E-state index contributed by atoms with van der Waals surface area (Å²) < 4.78 is 5.02. The highest BCUT2D eigenvalue weighted by Gasteiger charge is 2.08. The topological polar surface area (TPSA) is 55.4 Å². The summed E-state index contributed by atoms with van der Waals surface area (Å²) in [5, 5.41) is 2.48. The van der Waals surface area contributed by atoms with Crippen molar-refractivity contribution in [1.29, 1.82) is 0 Å². The van der Waals surface area contributed by atoms with Crippen LogP contribution in [0.5, 0.6) is 5.75 Å². The van der Waals surface area contributed by atoms with Gasteiger partial charge in [0.25, 0.3) is 0 Å². The van der Waals surface area contributed by atoms with Crippen molar-refractivity contribution in [3.63, 3.8) is 0 Å². The Labute approximate surface area is 94.6 Å². The lowest BCUT2D eigenvalue weighted by Gasteiger charge is -2.03. The van der Waals surface area contributed by atoms with Crippen LogP contribution in [0.3, 0.4) is 0 Å². The molecule has 1 aromatic carbocycles. The minimum absolute atomic E-state index is 0.0532. The number of rotatable bonds is 5. The molecule has 1 amide bonds. The molecule has 1 N–H and O–H groups in total. The summed E-state index contributed by atoms with van der Waals surface area (Å²) in [5.74, 6) is 0.463. The van der Waals surface area contributed by atoms with E-state index in [0.717, 1.165) is 0 Å². The molecule has 0 saturated carbocycles. The van der Waals surface area contributed by atoms with Crippen LogP contribution in [0.15, 0.2) is 24.3 Å². The number of ether oxygens (including phenoxy) is 1. The number of amides is 1. The lowest BCUT2D eigenvalue weighted by Crippen LogP contribution is -2.18. The van der Waals surface area contributed by atoms with Crippen molar-refractivity contribution >= 4 is 11.7 Å². The van der Waals surface area contributed by atoms with Crippen LogP contribution in [-0.2, 0) is 4.79 Å². The van der Waals surface area contributed by atoms with Gasteiger partial charge < -0.3 is 10.1 Å². The van der Waals surface area contributed by atoms with E-state index in [1.54, 1.807) is 38.4 Å². The zero-order chi connectivity index (χ0) is 12.0. The van der Waals surface area contributed by atoms with E-state index < -0.39 is 0 Å². The summed E-state index contributed by atoms with van der Waals surface area (Å²) in [5.41, 5.74) is 0.572. The van der Waals surface area contributed by atoms with Gasteiger partial charge in [0.2, 0.25) is 5.91 Å². The fraction of sp³-hybridized carbons (Fsp3) is 0.333. The monoisotopic (exact) mass is 221 g/mol. The Morgan fingerprint density at radius 2 is 2.06 bits per heavy atom. The third-order valence-corrected chi connectivity index (χ3v) is 2.25. The summed E-state index contributed by atoms with van der Waals surface area (Å²) in [6, 6.07) is 6.92. The Balaban J connectivity index is 2.62. The highest BCUT2D eigenvalue weighted by atomic mass is 16.5. The molecule has 0 atom stereocenters. The summed E-state index contributed by atoms with van der Waals surface area (Å²) in [6.45, 7) is 0. The second-order valence-corrected chi connectivity index (χ2v) is 3.33. The molecule has 0 aromatic heterocycles. The molecule has 0 radical (unpaired) electrons. The SMILES string of the molecule is CNC(=O)CCC(=O)c1cccc(OC)c1. The maximum absolute atomic E-state index is 11.7. The fourth-order valence-corrected chi connectivity index (χ4v) is 1.29. The van der Waals surface area contributed by atoms with Crippen molar-refractivity contribution in [2.45, 2.75) is 12.8 Å². The summed E-state index contributed by atoms with van der Waals surface area (Å²) in [4.78, 5) is 22.7. The molecular formula is C12H15NO3. The van der Waals surface area contributed by atoms with E-state index in [0.29, 0.717) is 11.3 Å². The smallest absolute Gasteiger partial charge is 0.220 e. The zero-order valence-electron chi connectivity index (χ0n) is 9.45. The first-order chi connectivity index (χ1) is 7.67. The predicted molar refractivity (Wildman–Crippen MR) is 60.6 cm³/mol. The van der Waals surface area contributed by atoms with Gasteiger partial charge in [-0.2, -0.15) is 0 Å². The number of Topliss-reactive ketones (excluding diaryl/α,β-unsaturated/α-hetero) is 1. The Bertz CT molecular complexity index is 388. The number of carbonyl (C=O) groups excluding carboxylic acids is 2. The Morgan fingerprint density at radius 3 is 2.69 bits per heavy atom. The molecule has 0 saturated heterocycles. The number of nitrogens with one attached hydrogen (secondary N) is 1. The number of methoxy groups -OCH3 is 1. The number of benzene rings is 1. The van der Waals surface area contributed by atoms with Gasteiger partial charge in [0.05, 0.1) is 7.11 Å². The number of hydrogen-bond acceptors (Lipinski definition) is 3. The Kier molecular flexibility index (Phi) is 4.51. The average molecular weight is 221 g/mol. The minimum Gasteiger partial charge on any atom is -0.497 e. The Morgan fingerprint density at radius 1 is 1.31 bits per heavy atom. The van der Waals surface area contributed by atoms with Crippen LogP contribution in [0.1, 0.15) is 23.2 Å². The van der Waals surface area contributed by atoms with Gasteiger partial charge in [0.15, 0.2) is 5.78 Å². The van der Waals surface area contributed by atoms with E-state index in [-0.39, 0.29) is 24.5 Å². The minimum atomic E-state index is -0.128. The van der Waals surface area contributed by atoms with Crippen molar-refractivity contribution < 1.29 is 14.3 Å². The predicted octanol–water partition coefficient (Wildman–Crippen LogP) is 1.40. The normalized spacial score (nSPS) is 9.62. The van der Waals surface area contributed by atoms with E-state index >= 15 is 0 Å². The van der Waals surface area contributed by atoms with Crippen molar-refractivity contribution in [2.75, 3.05) is 14.2 Å². The first kappa shape index (κ1) is 12.2. The molecule has 86 valence electrons. The number of carbonyl (C=O) groups is 2. The van der Waals surface area contributed by atoms with E-state index in [4.69, 9.17) is 4.74 Å². The first-order valence-electron chi connectivity index (χ1n) is 5.05. The lowest BCUT2D eigenvalue weighted by atomic mass is 10.1. The fourth-order valence-electron chi connectivity index (χ4n) is 1.29. The van der Waals surface area contributed by atoms with Gasteiger partial charge in [-0.1, -0.05) is 12.1 Å². The summed E-state index contributed by atoms with van der Waals surface area (Å²) >= 11 is 0. The Hall–Kier alpha value is -1.84. The average Bonchev–Trinajstić information content (AvgIpc) is 2.35. The molecule has 0 aliphatic carbocycles. The highest BCUT2D eigenvalue weighted by molar-refractivity contribution is 5.98. The molecule has 0 aliphatic rings. The van der Waals surface area contributed by atoms with Crippen LogP contribution < -0.4 is 10.1 Å². The summed E-state index contributed by atoms with van der Waals surface area (Å²) in [6.07, 6.45) is 0.430. The largest absolute Gasteiger partial charge is 0.497 e. The van der Waals surface area contributed by atoms with Crippen LogP contribution in [0.4, 0.5) is 0 Å². The highest BCUT2D eigenvalue weighted by Crippen LogP contribution is 2.14. The van der Waals surface area contributed by atoms with Crippen LogP contribution >= 0.6 is 0 Å². The molecule has 0 unspecified atom stereocenters. The first-order valence-corrected chi connectivity index (χ1v) is 5.05. The van der Waals surface area contributed by atoms with Gasteiger partial charge in [-0.05, 0) is 12.1 Å². The van der Waals surface area contributed by atoms with Gasteiger partial charge in [-0.15, -0.1) is 0 Å². The van der Waals surface area contributed by atoms with Gasteiger partial charge >= 0.3 is 0 Å². The van der Waals surface area contributed by atoms with Crippen LogP contribution in [-0.4, -0.2) is 25.8 Å². The van der Waals surface area contributed by atoms with Gasteiger partial charge in [0.1, 0.15) is 5.75 Å². The van der Waals surface area contributed by atoms with Crippen LogP contribution in [0.2, 0.25) is 0 Å². The third-order valence-electron chi connectivity index (χ3n) is 2.25. The molecule has 0 spiro atoms. The van der Waals surface area contributed by atoms with Crippen molar-refractivity contribution in [1.82, 2.24) is 5.32 Å². The second kappa shape index (κ2) is 5.90. The van der Waals surface area contributed by atoms with Crippen LogP contribution in [0, 0.1) is 0 Å². The molecular weight excluding hydrogens is 206 g/mol. The van der Waals surface area contributed by atoms with E-state index in [2.05, 4.69) is 5.32 Å². The molecule has 0 bridgehead atoms.